The zero-order chi connectivity index (χ0) is 9.97. The number of aromatic nitrogens is 2. The van der Waals surface area contributed by atoms with Gasteiger partial charge in [-0.15, -0.1) is 0 Å². The van der Waals surface area contributed by atoms with Crippen molar-refractivity contribution in [2.45, 2.75) is 38.3 Å². The Kier molecular flexibility index (Phi) is 3.43. The summed E-state index contributed by atoms with van der Waals surface area (Å²) in [5, 5.41) is 7.83. The molecule has 0 radical (unpaired) electrons. The van der Waals surface area contributed by atoms with E-state index in [2.05, 4.69) is 50.8 Å². The number of halogens is 1. The van der Waals surface area contributed by atoms with Gasteiger partial charge in [0.1, 0.15) is 0 Å². The molecular weight excluding hydrogens is 289 g/mol. The van der Waals surface area contributed by atoms with E-state index in [1.165, 1.54) is 16.4 Å². The van der Waals surface area contributed by atoms with Crippen LogP contribution in [0, 0.1) is 3.57 Å². The van der Waals surface area contributed by atoms with Crippen LogP contribution in [0.15, 0.2) is 12.4 Å². The molecule has 78 valence electrons. The van der Waals surface area contributed by atoms with E-state index >= 15 is 0 Å². The highest BCUT2D eigenvalue weighted by Gasteiger charge is 2.20. The molecule has 0 aliphatic heterocycles. The van der Waals surface area contributed by atoms with Crippen molar-refractivity contribution in [3.63, 3.8) is 0 Å². The normalized spacial score (nSPS) is 18.4. The van der Waals surface area contributed by atoms with E-state index in [4.69, 9.17) is 0 Å². The van der Waals surface area contributed by atoms with Crippen LogP contribution >= 0.6 is 22.6 Å². The molecule has 1 N–H and O–H groups in total. The zero-order valence-corrected chi connectivity index (χ0v) is 10.6. The van der Waals surface area contributed by atoms with Crippen LogP contribution in [0.3, 0.4) is 0 Å². The molecule has 14 heavy (non-hydrogen) atoms. The lowest BCUT2D eigenvalue weighted by atomic mass is 10.2. The Bertz CT molecular complexity index is 293. The van der Waals surface area contributed by atoms with Crippen molar-refractivity contribution in [1.29, 1.82) is 0 Å². The van der Waals surface area contributed by atoms with Crippen molar-refractivity contribution < 1.29 is 0 Å². The third-order valence-electron chi connectivity index (χ3n) is 2.59. The van der Waals surface area contributed by atoms with Crippen molar-refractivity contribution >= 4 is 22.6 Å². The first kappa shape index (κ1) is 10.4. The summed E-state index contributed by atoms with van der Waals surface area (Å²) in [7, 11) is 0. The molecule has 0 spiro atoms. The molecule has 3 nitrogen and oxygen atoms in total. The molecule has 1 atom stereocenters. The molecule has 2 rings (SSSR count). The largest absolute Gasteiger partial charge is 0.314 e. The maximum absolute atomic E-state index is 4.31. The van der Waals surface area contributed by atoms with Gasteiger partial charge in [-0.25, -0.2) is 0 Å². The molecule has 4 heteroatoms. The fourth-order valence-electron chi connectivity index (χ4n) is 1.47. The van der Waals surface area contributed by atoms with Crippen LogP contribution in [0.4, 0.5) is 0 Å². The van der Waals surface area contributed by atoms with Crippen molar-refractivity contribution in [2.75, 3.05) is 6.54 Å². The number of hydrogen-bond donors (Lipinski definition) is 1. The predicted octanol–water partition coefficient (Wildman–Crippen LogP) is 2.19. The Morgan fingerprint density at radius 1 is 1.71 bits per heavy atom. The molecule has 0 saturated heterocycles. The first-order chi connectivity index (χ1) is 6.75. The third kappa shape index (κ3) is 2.95. The van der Waals surface area contributed by atoms with Gasteiger partial charge in [0.2, 0.25) is 0 Å². The molecule has 1 aromatic heterocycles. The van der Waals surface area contributed by atoms with E-state index in [1.807, 2.05) is 6.20 Å². The molecule has 1 aromatic rings. The Labute approximate surface area is 98.4 Å². The highest BCUT2D eigenvalue weighted by atomic mass is 127. The summed E-state index contributed by atoms with van der Waals surface area (Å²) in [4.78, 5) is 0. The first-order valence-corrected chi connectivity index (χ1v) is 6.26. The average molecular weight is 305 g/mol. The van der Waals surface area contributed by atoms with E-state index < -0.39 is 0 Å². The van der Waals surface area contributed by atoms with Gasteiger partial charge in [-0.2, -0.15) is 5.10 Å². The summed E-state index contributed by atoms with van der Waals surface area (Å²) in [5.41, 5.74) is 0. The van der Waals surface area contributed by atoms with Gasteiger partial charge in [-0.3, -0.25) is 4.68 Å². The molecule has 0 bridgehead atoms. The van der Waals surface area contributed by atoms with Crippen LogP contribution < -0.4 is 5.32 Å². The minimum atomic E-state index is 0.504. The Hall–Kier alpha value is -0.100. The Balaban J connectivity index is 1.73. The molecule has 1 aliphatic rings. The molecule has 1 fully saturated rings. The number of rotatable bonds is 5. The molecule has 1 heterocycles. The Morgan fingerprint density at radius 2 is 2.50 bits per heavy atom. The maximum atomic E-state index is 4.31. The van der Waals surface area contributed by atoms with E-state index in [-0.39, 0.29) is 0 Å². The van der Waals surface area contributed by atoms with Crippen molar-refractivity contribution in [2.24, 2.45) is 0 Å². The predicted molar refractivity (Wildman–Crippen MR) is 65.3 cm³/mol. The SMILES string of the molecule is CC(CCNC1CC1)n1cc(I)cn1. The van der Waals surface area contributed by atoms with Gasteiger partial charge < -0.3 is 5.32 Å². The van der Waals surface area contributed by atoms with Gasteiger partial charge >= 0.3 is 0 Å². The van der Waals surface area contributed by atoms with Crippen LogP contribution in [0.25, 0.3) is 0 Å². The van der Waals surface area contributed by atoms with Crippen LogP contribution in [-0.2, 0) is 0 Å². The molecular formula is C10H16IN3. The highest BCUT2D eigenvalue weighted by molar-refractivity contribution is 14.1. The number of nitrogens with one attached hydrogen (secondary N) is 1. The summed E-state index contributed by atoms with van der Waals surface area (Å²) in [6, 6.07) is 1.32. The second-order valence-electron chi connectivity index (χ2n) is 4.00. The third-order valence-corrected chi connectivity index (χ3v) is 3.15. The fourth-order valence-corrected chi connectivity index (χ4v) is 1.88. The minimum Gasteiger partial charge on any atom is -0.314 e. The van der Waals surface area contributed by atoms with Crippen LogP contribution in [0.2, 0.25) is 0 Å². The van der Waals surface area contributed by atoms with Gasteiger partial charge in [-0.1, -0.05) is 0 Å². The zero-order valence-electron chi connectivity index (χ0n) is 8.41. The van der Waals surface area contributed by atoms with Gasteiger partial charge in [-0.05, 0) is 55.3 Å². The van der Waals surface area contributed by atoms with Crippen LogP contribution in [-0.4, -0.2) is 22.4 Å². The molecule has 1 saturated carbocycles. The Morgan fingerprint density at radius 3 is 3.07 bits per heavy atom. The van der Waals surface area contributed by atoms with E-state index in [1.54, 1.807) is 0 Å². The fraction of sp³-hybridized carbons (Fsp3) is 0.700. The maximum Gasteiger partial charge on any atom is 0.0623 e. The summed E-state index contributed by atoms with van der Waals surface area (Å²) in [5.74, 6) is 0. The molecule has 1 aliphatic carbocycles. The van der Waals surface area contributed by atoms with Gasteiger partial charge in [0.25, 0.3) is 0 Å². The second-order valence-corrected chi connectivity index (χ2v) is 5.25. The first-order valence-electron chi connectivity index (χ1n) is 5.19. The number of nitrogens with zero attached hydrogens (tertiary/aromatic N) is 2. The highest BCUT2D eigenvalue weighted by Crippen LogP contribution is 2.19. The van der Waals surface area contributed by atoms with Gasteiger partial charge in [0.15, 0.2) is 0 Å². The van der Waals surface area contributed by atoms with Crippen molar-refractivity contribution in [3.8, 4) is 0 Å². The second kappa shape index (κ2) is 4.61. The van der Waals surface area contributed by atoms with Crippen LogP contribution in [0.5, 0.6) is 0 Å². The molecule has 1 unspecified atom stereocenters. The summed E-state index contributed by atoms with van der Waals surface area (Å²) >= 11 is 2.29. The lowest BCUT2D eigenvalue weighted by Gasteiger charge is -2.12. The molecule has 0 amide bonds. The van der Waals surface area contributed by atoms with Crippen molar-refractivity contribution in [1.82, 2.24) is 15.1 Å². The smallest absolute Gasteiger partial charge is 0.0623 e. The summed E-state index contributed by atoms with van der Waals surface area (Å²) in [6.07, 6.45) is 7.91. The quantitative estimate of drug-likeness (QED) is 0.845. The molecule has 0 aromatic carbocycles. The minimum absolute atomic E-state index is 0.504. The topological polar surface area (TPSA) is 29.9 Å². The van der Waals surface area contributed by atoms with Gasteiger partial charge in [0.05, 0.1) is 15.8 Å². The van der Waals surface area contributed by atoms with E-state index in [0.717, 1.165) is 19.0 Å². The van der Waals surface area contributed by atoms with E-state index in [9.17, 15) is 0 Å². The average Bonchev–Trinajstić information content (AvgIpc) is 2.87. The van der Waals surface area contributed by atoms with Crippen molar-refractivity contribution in [3.05, 3.63) is 16.0 Å². The summed E-state index contributed by atoms with van der Waals surface area (Å²) < 4.78 is 3.26. The van der Waals surface area contributed by atoms with Crippen LogP contribution in [0.1, 0.15) is 32.2 Å². The monoisotopic (exact) mass is 305 g/mol. The van der Waals surface area contributed by atoms with E-state index in [0.29, 0.717) is 6.04 Å². The standard InChI is InChI=1S/C10H16IN3/c1-8(4-5-12-10-2-3-10)14-7-9(11)6-13-14/h6-8,10,12H,2-5H2,1H3. The lowest BCUT2D eigenvalue weighted by molar-refractivity contribution is 0.443. The summed E-state index contributed by atoms with van der Waals surface area (Å²) in [6.45, 7) is 3.33. The lowest BCUT2D eigenvalue weighted by Crippen LogP contribution is -2.20. The van der Waals surface area contributed by atoms with Gasteiger partial charge in [0, 0.05) is 12.2 Å². The number of hydrogen-bond acceptors (Lipinski definition) is 2.